The molecule has 102 valence electrons. The Hall–Kier alpha value is -2.18. The quantitative estimate of drug-likeness (QED) is 0.814. The molecule has 0 N–H and O–H groups in total. The predicted molar refractivity (Wildman–Crippen MR) is 75.1 cm³/mol. The van der Waals surface area contributed by atoms with E-state index < -0.39 is 0 Å². The van der Waals surface area contributed by atoms with E-state index in [1.54, 1.807) is 6.33 Å². The van der Waals surface area contributed by atoms with E-state index in [4.69, 9.17) is 0 Å². The normalized spacial score (nSPS) is 10.6. The van der Waals surface area contributed by atoms with Crippen LogP contribution in [0, 0.1) is 13.8 Å². The molecule has 0 spiro atoms. The fourth-order valence-electron chi connectivity index (χ4n) is 1.55. The topological polar surface area (TPSA) is 63.0 Å². The number of rotatable bonds is 3. The SMILES string of the molecule is Cc1ncn(-c2nc(N(C)C)nc(N(C)C)n2)c1C. The van der Waals surface area contributed by atoms with E-state index in [2.05, 4.69) is 19.9 Å². The monoisotopic (exact) mass is 261 g/mol. The van der Waals surface area contributed by atoms with Crippen molar-refractivity contribution in [1.29, 1.82) is 0 Å². The van der Waals surface area contributed by atoms with E-state index in [1.165, 1.54) is 0 Å². The van der Waals surface area contributed by atoms with Crippen LogP contribution in [0.1, 0.15) is 11.4 Å². The number of anilines is 2. The lowest BCUT2D eigenvalue weighted by Crippen LogP contribution is -2.20. The fraction of sp³-hybridized carbons (Fsp3) is 0.500. The minimum absolute atomic E-state index is 0.584. The highest BCUT2D eigenvalue weighted by Gasteiger charge is 2.13. The summed E-state index contributed by atoms with van der Waals surface area (Å²) in [5.41, 5.74) is 2.00. The molecule has 2 heterocycles. The molecule has 0 amide bonds. The van der Waals surface area contributed by atoms with Crippen LogP contribution in [-0.2, 0) is 0 Å². The third-order valence-corrected chi connectivity index (χ3v) is 2.87. The van der Waals surface area contributed by atoms with Crippen molar-refractivity contribution in [3.63, 3.8) is 0 Å². The highest BCUT2D eigenvalue weighted by molar-refractivity contribution is 5.40. The average molecular weight is 261 g/mol. The summed E-state index contributed by atoms with van der Waals surface area (Å²) in [5.74, 6) is 1.83. The van der Waals surface area contributed by atoms with Gasteiger partial charge < -0.3 is 9.80 Å². The van der Waals surface area contributed by atoms with Gasteiger partial charge in [-0.3, -0.25) is 4.57 Å². The highest BCUT2D eigenvalue weighted by atomic mass is 15.3. The maximum atomic E-state index is 4.46. The second-order valence-electron chi connectivity index (χ2n) is 4.81. The summed E-state index contributed by atoms with van der Waals surface area (Å²) < 4.78 is 1.87. The van der Waals surface area contributed by atoms with Gasteiger partial charge in [0.05, 0.1) is 5.69 Å². The number of nitrogens with zero attached hydrogens (tertiary/aromatic N) is 7. The summed E-state index contributed by atoms with van der Waals surface area (Å²) in [6.45, 7) is 3.96. The van der Waals surface area contributed by atoms with Gasteiger partial charge in [-0.05, 0) is 13.8 Å². The van der Waals surface area contributed by atoms with Crippen molar-refractivity contribution in [3.05, 3.63) is 17.7 Å². The molecule has 0 aliphatic rings. The Bertz CT molecular complexity index is 560. The van der Waals surface area contributed by atoms with Crippen molar-refractivity contribution in [2.45, 2.75) is 13.8 Å². The second-order valence-corrected chi connectivity index (χ2v) is 4.81. The Kier molecular flexibility index (Phi) is 3.37. The second kappa shape index (κ2) is 4.83. The lowest BCUT2D eigenvalue weighted by molar-refractivity contribution is 0.836. The zero-order valence-corrected chi connectivity index (χ0v) is 12.2. The fourth-order valence-corrected chi connectivity index (χ4v) is 1.55. The molecule has 19 heavy (non-hydrogen) atoms. The van der Waals surface area contributed by atoms with Gasteiger partial charge in [-0.2, -0.15) is 15.0 Å². The molecule has 0 radical (unpaired) electrons. The van der Waals surface area contributed by atoms with Gasteiger partial charge >= 0.3 is 0 Å². The molecular weight excluding hydrogens is 242 g/mol. The highest BCUT2D eigenvalue weighted by Crippen LogP contribution is 2.15. The minimum Gasteiger partial charge on any atom is -0.347 e. The summed E-state index contributed by atoms with van der Waals surface area (Å²) in [4.78, 5) is 21.3. The van der Waals surface area contributed by atoms with Crippen LogP contribution in [0.5, 0.6) is 0 Å². The molecule has 2 rings (SSSR count). The van der Waals surface area contributed by atoms with Crippen LogP contribution in [0.15, 0.2) is 6.33 Å². The summed E-state index contributed by atoms with van der Waals surface area (Å²) in [7, 11) is 7.63. The van der Waals surface area contributed by atoms with Gasteiger partial charge in [-0.25, -0.2) is 4.98 Å². The molecule has 0 aromatic carbocycles. The molecule has 0 unspecified atom stereocenters. The molecule has 0 aliphatic heterocycles. The van der Waals surface area contributed by atoms with Gasteiger partial charge in [0, 0.05) is 33.9 Å². The molecule has 0 aliphatic carbocycles. The minimum atomic E-state index is 0.584. The van der Waals surface area contributed by atoms with Crippen molar-refractivity contribution < 1.29 is 0 Å². The zero-order chi connectivity index (χ0) is 14.2. The standard InChI is InChI=1S/C12H19N7/c1-8-9(2)19(7-13-8)12-15-10(17(3)4)14-11(16-12)18(5)6/h7H,1-6H3. The number of aromatic nitrogens is 5. The predicted octanol–water partition coefficient (Wildman–Crippen LogP) is 0.806. The third-order valence-electron chi connectivity index (χ3n) is 2.87. The van der Waals surface area contributed by atoms with Crippen molar-refractivity contribution in [1.82, 2.24) is 24.5 Å². The molecule has 0 saturated carbocycles. The molecule has 0 saturated heterocycles. The van der Waals surface area contributed by atoms with Crippen molar-refractivity contribution >= 4 is 11.9 Å². The van der Waals surface area contributed by atoms with Gasteiger partial charge in [-0.15, -0.1) is 0 Å². The largest absolute Gasteiger partial charge is 0.347 e. The number of hydrogen-bond donors (Lipinski definition) is 0. The average Bonchev–Trinajstić information content (AvgIpc) is 2.69. The molecule has 0 fully saturated rings. The molecule has 0 bridgehead atoms. The summed E-state index contributed by atoms with van der Waals surface area (Å²) in [5, 5.41) is 0. The van der Waals surface area contributed by atoms with Gasteiger partial charge in [0.15, 0.2) is 0 Å². The third kappa shape index (κ3) is 2.49. The molecule has 0 atom stereocenters. The first-order valence-corrected chi connectivity index (χ1v) is 6.01. The molecule has 2 aromatic rings. The first-order chi connectivity index (χ1) is 8.90. The summed E-state index contributed by atoms with van der Waals surface area (Å²) in [6.07, 6.45) is 1.74. The Labute approximate surface area is 112 Å². The molecule has 2 aromatic heterocycles. The van der Waals surface area contributed by atoms with Crippen LogP contribution in [0.4, 0.5) is 11.9 Å². The van der Waals surface area contributed by atoms with E-state index in [0.29, 0.717) is 17.8 Å². The van der Waals surface area contributed by atoms with E-state index in [0.717, 1.165) is 11.4 Å². The van der Waals surface area contributed by atoms with Crippen LogP contribution >= 0.6 is 0 Å². The van der Waals surface area contributed by atoms with E-state index >= 15 is 0 Å². The lowest BCUT2D eigenvalue weighted by atomic mass is 10.4. The number of aryl methyl sites for hydroxylation is 1. The van der Waals surface area contributed by atoms with E-state index in [-0.39, 0.29) is 0 Å². The van der Waals surface area contributed by atoms with Crippen LogP contribution in [0.25, 0.3) is 5.95 Å². The molecule has 7 heteroatoms. The Morgan fingerprint density at radius 1 is 0.895 bits per heavy atom. The van der Waals surface area contributed by atoms with Crippen molar-refractivity contribution in [2.24, 2.45) is 0 Å². The number of imidazole rings is 1. The van der Waals surface area contributed by atoms with Crippen molar-refractivity contribution in [2.75, 3.05) is 38.0 Å². The van der Waals surface area contributed by atoms with Crippen LogP contribution < -0.4 is 9.80 Å². The Morgan fingerprint density at radius 2 is 1.42 bits per heavy atom. The summed E-state index contributed by atoms with van der Waals surface area (Å²) >= 11 is 0. The van der Waals surface area contributed by atoms with E-state index in [9.17, 15) is 0 Å². The maximum Gasteiger partial charge on any atom is 0.241 e. The van der Waals surface area contributed by atoms with Crippen LogP contribution in [0.3, 0.4) is 0 Å². The van der Waals surface area contributed by atoms with Crippen LogP contribution in [-0.4, -0.2) is 52.7 Å². The summed E-state index contributed by atoms with van der Waals surface area (Å²) in [6, 6.07) is 0. The molecule has 7 nitrogen and oxygen atoms in total. The zero-order valence-electron chi connectivity index (χ0n) is 12.2. The van der Waals surface area contributed by atoms with Gasteiger partial charge in [0.25, 0.3) is 0 Å². The van der Waals surface area contributed by atoms with Crippen LogP contribution in [0.2, 0.25) is 0 Å². The van der Waals surface area contributed by atoms with E-state index in [1.807, 2.05) is 56.4 Å². The first-order valence-electron chi connectivity index (χ1n) is 6.01. The first kappa shape index (κ1) is 13.3. The smallest absolute Gasteiger partial charge is 0.241 e. The van der Waals surface area contributed by atoms with Gasteiger partial charge in [-0.1, -0.05) is 0 Å². The van der Waals surface area contributed by atoms with Gasteiger partial charge in [0.2, 0.25) is 17.8 Å². The lowest BCUT2D eigenvalue weighted by Gasteiger charge is -2.16. The Balaban J connectivity index is 2.59. The number of hydrogen-bond acceptors (Lipinski definition) is 6. The van der Waals surface area contributed by atoms with Crippen molar-refractivity contribution in [3.8, 4) is 5.95 Å². The maximum absolute atomic E-state index is 4.46. The Morgan fingerprint density at radius 3 is 1.79 bits per heavy atom. The van der Waals surface area contributed by atoms with Gasteiger partial charge in [0.1, 0.15) is 6.33 Å². The molecular formula is C12H19N7.